The Hall–Kier alpha value is -2.68. The van der Waals surface area contributed by atoms with Gasteiger partial charge >= 0.3 is 0 Å². The Kier molecular flexibility index (Phi) is 4.92. The molecule has 1 heterocycles. The number of allylic oxidation sites excluding steroid dienone is 2. The van der Waals surface area contributed by atoms with E-state index in [1.165, 1.54) is 5.71 Å². The number of nitrogens with zero attached hydrogens (tertiary/aromatic N) is 1. The third kappa shape index (κ3) is 3.80. The lowest BCUT2D eigenvalue weighted by Gasteiger charge is -2.36. The highest BCUT2D eigenvalue weighted by Gasteiger charge is 2.39. The van der Waals surface area contributed by atoms with Crippen molar-refractivity contribution in [3.8, 4) is 11.5 Å². The summed E-state index contributed by atoms with van der Waals surface area (Å²) >= 11 is 0. The molecule has 0 aromatic heterocycles. The Morgan fingerprint density at radius 3 is 2.54 bits per heavy atom. The highest BCUT2D eigenvalue weighted by Crippen LogP contribution is 2.46. The summed E-state index contributed by atoms with van der Waals surface area (Å²) in [5.74, 6) is 1.94. The van der Waals surface area contributed by atoms with Gasteiger partial charge in [-0.2, -0.15) is 0 Å². The smallest absolute Gasteiger partial charge is 0.161 e. The lowest BCUT2D eigenvalue weighted by molar-refractivity contribution is -0.118. The summed E-state index contributed by atoms with van der Waals surface area (Å²) in [6, 6.07) is 18.0. The van der Waals surface area contributed by atoms with E-state index in [2.05, 4.69) is 32.9 Å². The predicted molar refractivity (Wildman–Crippen MR) is 113 cm³/mol. The van der Waals surface area contributed by atoms with Crippen molar-refractivity contribution in [2.24, 2.45) is 10.4 Å². The fourth-order valence-electron chi connectivity index (χ4n) is 4.30. The molecule has 1 unspecified atom stereocenters. The van der Waals surface area contributed by atoms with Crippen molar-refractivity contribution >= 4 is 11.5 Å². The maximum atomic E-state index is 13.0. The molecule has 0 saturated heterocycles. The summed E-state index contributed by atoms with van der Waals surface area (Å²) in [7, 11) is 0. The maximum absolute atomic E-state index is 13.0. The standard InChI is InChI=1S/C25H27NO2/c1-4-18-14-21(24-22(26-18)15-25(2,3)16-23(24)27)17-9-8-12-20(13-17)28-19-10-6-5-7-11-19/h5-13,21H,4,14-16H2,1-3H3. The minimum absolute atomic E-state index is 0.0154. The van der Waals surface area contributed by atoms with E-state index in [0.717, 1.165) is 47.6 Å². The van der Waals surface area contributed by atoms with Crippen LogP contribution in [0.25, 0.3) is 0 Å². The van der Waals surface area contributed by atoms with E-state index >= 15 is 0 Å². The van der Waals surface area contributed by atoms with Crippen LogP contribution in [0.15, 0.2) is 70.9 Å². The zero-order valence-corrected chi connectivity index (χ0v) is 16.9. The summed E-state index contributed by atoms with van der Waals surface area (Å²) in [6.07, 6.45) is 3.20. The van der Waals surface area contributed by atoms with Gasteiger partial charge in [0, 0.05) is 29.3 Å². The number of ether oxygens (including phenoxy) is 1. The van der Waals surface area contributed by atoms with Gasteiger partial charge in [0.15, 0.2) is 5.78 Å². The topological polar surface area (TPSA) is 38.7 Å². The van der Waals surface area contributed by atoms with Crippen molar-refractivity contribution < 1.29 is 9.53 Å². The number of benzene rings is 2. The van der Waals surface area contributed by atoms with Gasteiger partial charge in [-0.15, -0.1) is 0 Å². The van der Waals surface area contributed by atoms with Crippen molar-refractivity contribution in [2.75, 3.05) is 0 Å². The van der Waals surface area contributed by atoms with Crippen LogP contribution < -0.4 is 4.74 Å². The van der Waals surface area contributed by atoms with Gasteiger partial charge in [-0.3, -0.25) is 9.79 Å². The summed E-state index contributed by atoms with van der Waals surface area (Å²) < 4.78 is 6.03. The van der Waals surface area contributed by atoms with Crippen LogP contribution in [0.2, 0.25) is 0 Å². The van der Waals surface area contributed by atoms with Gasteiger partial charge < -0.3 is 4.74 Å². The highest BCUT2D eigenvalue weighted by atomic mass is 16.5. The fourth-order valence-corrected chi connectivity index (χ4v) is 4.30. The van der Waals surface area contributed by atoms with Gasteiger partial charge in [0.1, 0.15) is 11.5 Å². The molecule has 4 rings (SSSR count). The van der Waals surface area contributed by atoms with Crippen LogP contribution in [0, 0.1) is 5.41 Å². The van der Waals surface area contributed by atoms with Crippen LogP contribution in [0.5, 0.6) is 11.5 Å². The van der Waals surface area contributed by atoms with Gasteiger partial charge in [-0.25, -0.2) is 0 Å². The third-order valence-corrected chi connectivity index (χ3v) is 5.63. The fraction of sp³-hybridized carbons (Fsp3) is 0.360. The second kappa shape index (κ2) is 7.38. The van der Waals surface area contributed by atoms with E-state index in [4.69, 9.17) is 9.73 Å². The molecule has 3 heteroatoms. The number of carbonyl (C=O) groups is 1. The lowest BCUT2D eigenvalue weighted by Crippen LogP contribution is -2.31. The van der Waals surface area contributed by atoms with Crippen LogP contribution in [0.1, 0.15) is 57.9 Å². The second-order valence-electron chi connectivity index (χ2n) is 8.58. The van der Waals surface area contributed by atoms with Crippen molar-refractivity contribution in [3.05, 3.63) is 71.4 Å². The number of hydrogen-bond acceptors (Lipinski definition) is 3. The summed E-state index contributed by atoms with van der Waals surface area (Å²) in [4.78, 5) is 17.9. The number of carbonyl (C=O) groups excluding carboxylic acids is 1. The maximum Gasteiger partial charge on any atom is 0.161 e. The molecule has 1 aliphatic heterocycles. The Labute approximate surface area is 167 Å². The van der Waals surface area contributed by atoms with Crippen LogP contribution in [0.4, 0.5) is 0 Å². The molecule has 0 saturated carbocycles. The first-order valence-electron chi connectivity index (χ1n) is 10.1. The Morgan fingerprint density at radius 2 is 1.79 bits per heavy atom. The number of Topliss-reactive ketones (excluding diaryl/α,β-unsaturated/α-hetero) is 1. The first-order valence-corrected chi connectivity index (χ1v) is 10.1. The van der Waals surface area contributed by atoms with Gasteiger partial charge in [-0.05, 0) is 54.5 Å². The minimum atomic E-state index is -0.0154. The van der Waals surface area contributed by atoms with E-state index in [9.17, 15) is 4.79 Å². The zero-order chi connectivity index (χ0) is 19.7. The molecule has 0 amide bonds. The van der Waals surface area contributed by atoms with Gasteiger partial charge in [0.05, 0.1) is 0 Å². The summed E-state index contributed by atoms with van der Waals surface area (Å²) in [5, 5.41) is 0. The average molecular weight is 373 g/mol. The van der Waals surface area contributed by atoms with Crippen molar-refractivity contribution in [1.29, 1.82) is 0 Å². The number of ketones is 1. The van der Waals surface area contributed by atoms with E-state index < -0.39 is 0 Å². The van der Waals surface area contributed by atoms with E-state index in [1.807, 2.05) is 42.5 Å². The van der Waals surface area contributed by atoms with E-state index in [0.29, 0.717) is 6.42 Å². The lowest BCUT2D eigenvalue weighted by atomic mass is 9.70. The molecule has 1 atom stereocenters. The Balaban J connectivity index is 1.70. The molecule has 0 bridgehead atoms. The molecule has 0 spiro atoms. The molecule has 0 N–H and O–H groups in total. The second-order valence-corrected chi connectivity index (χ2v) is 8.58. The van der Waals surface area contributed by atoms with Crippen LogP contribution in [0.3, 0.4) is 0 Å². The summed E-state index contributed by atoms with van der Waals surface area (Å²) in [6.45, 7) is 6.47. The first-order chi connectivity index (χ1) is 13.4. The molecule has 28 heavy (non-hydrogen) atoms. The van der Waals surface area contributed by atoms with Crippen molar-refractivity contribution in [1.82, 2.24) is 0 Å². The Bertz CT molecular complexity index is 954. The molecule has 2 aromatic carbocycles. The van der Waals surface area contributed by atoms with Gasteiger partial charge in [0.25, 0.3) is 0 Å². The Morgan fingerprint density at radius 1 is 1.04 bits per heavy atom. The minimum Gasteiger partial charge on any atom is -0.457 e. The van der Waals surface area contributed by atoms with Crippen LogP contribution in [-0.2, 0) is 4.79 Å². The van der Waals surface area contributed by atoms with Crippen molar-refractivity contribution in [3.63, 3.8) is 0 Å². The van der Waals surface area contributed by atoms with Crippen molar-refractivity contribution in [2.45, 2.75) is 52.4 Å². The molecule has 0 radical (unpaired) electrons. The largest absolute Gasteiger partial charge is 0.457 e. The number of para-hydroxylation sites is 1. The van der Waals surface area contributed by atoms with E-state index in [1.54, 1.807) is 0 Å². The van der Waals surface area contributed by atoms with Crippen LogP contribution >= 0.6 is 0 Å². The quantitative estimate of drug-likeness (QED) is 0.617. The molecule has 0 fully saturated rings. The SMILES string of the molecule is CCC1=NC2=C(C(=O)CC(C)(C)C2)C(c2cccc(Oc3ccccc3)c2)C1. The molecule has 144 valence electrons. The van der Waals surface area contributed by atoms with Crippen LogP contribution in [-0.4, -0.2) is 11.5 Å². The first kappa shape index (κ1) is 18.7. The zero-order valence-electron chi connectivity index (χ0n) is 16.9. The molecule has 2 aromatic rings. The normalized spacial score (nSPS) is 21.2. The third-order valence-electron chi connectivity index (χ3n) is 5.63. The monoisotopic (exact) mass is 373 g/mol. The predicted octanol–water partition coefficient (Wildman–Crippen LogP) is 6.46. The molecule has 1 aliphatic carbocycles. The molecular weight excluding hydrogens is 346 g/mol. The summed E-state index contributed by atoms with van der Waals surface area (Å²) in [5.41, 5.74) is 4.23. The highest BCUT2D eigenvalue weighted by molar-refractivity contribution is 6.02. The number of aliphatic imine (C=N–C) groups is 1. The van der Waals surface area contributed by atoms with Gasteiger partial charge in [-0.1, -0.05) is 51.1 Å². The number of hydrogen-bond donors (Lipinski definition) is 0. The average Bonchev–Trinajstić information content (AvgIpc) is 2.67. The van der Waals surface area contributed by atoms with E-state index in [-0.39, 0.29) is 17.1 Å². The number of rotatable bonds is 4. The molecule has 2 aliphatic rings. The molecular formula is C25H27NO2. The van der Waals surface area contributed by atoms with Gasteiger partial charge in [0.2, 0.25) is 0 Å². The molecule has 3 nitrogen and oxygen atoms in total.